The summed E-state index contributed by atoms with van der Waals surface area (Å²) in [6.45, 7) is 3.44. The van der Waals surface area contributed by atoms with E-state index in [1.54, 1.807) is 7.05 Å². The van der Waals surface area contributed by atoms with Crippen LogP contribution in [0.15, 0.2) is 53.5 Å². The van der Waals surface area contributed by atoms with E-state index >= 15 is 0 Å². The van der Waals surface area contributed by atoms with Crippen molar-refractivity contribution in [2.45, 2.75) is 20.0 Å². The standard InChI is InChI=1S/C19H24N4O2.HI/c1-14-6-4-5-7-16(14)13-22-18(20-2)21-12-15-8-10-17(11-9-15)23-19(24)25-3;/h4-11H,12-13H2,1-3H3,(H,23,24)(H2,20,21,22);1H. The number of ether oxygens (including phenoxy) is 1. The summed E-state index contributed by atoms with van der Waals surface area (Å²) >= 11 is 0. The van der Waals surface area contributed by atoms with E-state index in [1.165, 1.54) is 18.2 Å². The molecule has 6 nitrogen and oxygen atoms in total. The third-order valence-corrected chi connectivity index (χ3v) is 3.78. The summed E-state index contributed by atoms with van der Waals surface area (Å²) in [5, 5.41) is 9.20. The van der Waals surface area contributed by atoms with E-state index in [2.05, 4.69) is 44.7 Å². The molecule has 3 N–H and O–H groups in total. The summed E-state index contributed by atoms with van der Waals surface area (Å²) in [5.74, 6) is 0.736. The van der Waals surface area contributed by atoms with Crippen molar-refractivity contribution in [3.8, 4) is 0 Å². The molecular weight excluding hydrogens is 443 g/mol. The molecule has 0 aliphatic rings. The fourth-order valence-corrected chi connectivity index (χ4v) is 2.27. The van der Waals surface area contributed by atoms with Crippen molar-refractivity contribution >= 4 is 41.7 Å². The Hall–Kier alpha value is -2.29. The van der Waals surface area contributed by atoms with E-state index in [1.807, 2.05) is 36.4 Å². The van der Waals surface area contributed by atoms with Crippen LogP contribution in [0.3, 0.4) is 0 Å². The highest BCUT2D eigenvalue weighted by Gasteiger charge is 2.03. The minimum absolute atomic E-state index is 0. The SMILES string of the molecule is CN=C(NCc1ccc(NC(=O)OC)cc1)NCc1ccccc1C.I. The van der Waals surface area contributed by atoms with Crippen molar-refractivity contribution in [1.82, 2.24) is 10.6 Å². The maximum Gasteiger partial charge on any atom is 0.411 e. The Morgan fingerprint density at radius 1 is 1.04 bits per heavy atom. The van der Waals surface area contributed by atoms with Gasteiger partial charge in [0, 0.05) is 25.8 Å². The number of hydrogen-bond donors (Lipinski definition) is 3. The Labute approximate surface area is 171 Å². The molecule has 0 aliphatic heterocycles. The molecule has 2 aromatic carbocycles. The molecule has 0 aliphatic carbocycles. The van der Waals surface area contributed by atoms with Gasteiger partial charge in [0.25, 0.3) is 0 Å². The molecule has 26 heavy (non-hydrogen) atoms. The number of methoxy groups -OCH3 is 1. The Morgan fingerprint density at radius 2 is 1.69 bits per heavy atom. The van der Waals surface area contributed by atoms with Crippen LogP contribution < -0.4 is 16.0 Å². The molecular formula is C19H25IN4O2. The summed E-state index contributed by atoms with van der Waals surface area (Å²) in [4.78, 5) is 15.4. The Bertz CT molecular complexity index is 733. The van der Waals surface area contributed by atoms with Gasteiger partial charge in [0.1, 0.15) is 0 Å². The lowest BCUT2D eigenvalue weighted by Gasteiger charge is -2.13. The summed E-state index contributed by atoms with van der Waals surface area (Å²) in [7, 11) is 3.08. The highest BCUT2D eigenvalue weighted by atomic mass is 127. The lowest BCUT2D eigenvalue weighted by Crippen LogP contribution is -2.36. The summed E-state index contributed by atoms with van der Waals surface area (Å²) in [6, 6.07) is 15.8. The van der Waals surface area contributed by atoms with Crippen LogP contribution in [0.1, 0.15) is 16.7 Å². The number of nitrogens with zero attached hydrogens (tertiary/aromatic N) is 1. The van der Waals surface area contributed by atoms with Crippen LogP contribution in [0.4, 0.5) is 10.5 Å². The number of aliphatic imine (C=N–C) groups is 1. The fraction of sp³-hybridized carbons (Fsp3) is 0.263. The first-order valence-electron chi connectivity index (χ1n) is 8.05. The van der Waals surface area contributed by atoms with Crippen molar-refractivity contribution < 1.29 is 9.53 Å². The topological polar surface area (TPSA) is 74.8 Å². The van der Waals surface area contributed by atoms with Gasteiger partial charge in [-0.25, -0.2) is 4.79 Å². The van der Waals surface area contributed by atoms with Crippen LogP contribution >= 0.6 is 24.0 Å². The molecule has 0 saturated heterocycles. The molecule has 0 radical (unpaired) electrons. The van der Waals surface area contributed by atoms with Crippen molar-refractivity contribution in [2.24, 2.45) is 4.99 Å². The van der Waals surface area contributed by atoms with E-state index in [9.17, 15) is 4.79 Å². The lowest BCUT2D eigenvalue weighted by atomic mass is 10.1. The fourth-order valence-electron chi connectivity index (χ4n) is 2.27. The average Bonchev–Trinajstić information content (AvgIpc) is 2.64. The highest BCUT2D eigenvalue weighted by Crippen LogP contribution is 2.10. The number of rotatable bonds is 5. The van der Waals surface area contributed by atoms with Crippen LogP contribution in [0, 0.1) is 6.92 Å². The third kappa shape index (κ3) is 6.91. The highest BCUT2D eigenvalue weighted by molar-refractivity contribution is 14.0. The van der Waals surface area contributed by atoms with Gasteiger partial charge in [-0.05, 0) is 35.7 Å². The number of halogens is 1. The zero-order valence-corrected chi connectivity index (χ0v) is 17.5. The molecule has 0 atom stereocenters. The van der Waals surface area contributed by atoms with Crippen LogP contribution in [0.25, 0.3) is 0 Å². The van der Waals surface area contributed by atoms with Crippen LogP contribution in [0.2, 0.25) is 0 Å². The van der Waals surface area contributed by atoms with Crippen LogP contribution in [-0.4, -0.2) is 26.2 Å². The number of anilines is 1. The van der Waals surface area contributed by atoms with Gasteiger partial charge in [-0.2, -0.15) is 0 Å². The average molecular weight is 468 g/mol. The summed E-state index contributed by atoms with van der Waals surface area (Å²) < 4.78 is 4.56. The van der Waals surface area contributed by atoms with E-state index in [0.717, 1.165) is 11.5 Å². The minimum atomic E-state index is -0.480. The normalized spacial score (nSPS) is 10.5. The van der Waals surface area contributed by atoms with Crippen LogP contribution in [-0.2, 0) is 17.8 Å². The van der Waals surface area contributed by atoms with E-state index in [4.69, 9.17) is 0 Å². The van der Waals surface area contributed by atoms with Gasteiger partial charge in [0.05, 0.1) is 7.11 Å². The molecule has 7 heteroatoms. The van der Waals surface area contributed by atoms with Crippen LogP contribution in [0.5, 0.6) is 0 Å². The molecule has 0 saturated carbocycles. The van der Waals surface area contributed by atoms with Gasteiger partial charge in [-0.3, -0.25) is 10.3 Å². The number of hydrogen-bond acceptors (Lipinski definition) is 3. The largest absolute Gasteiger partial charge is 0.453 e. The zero-order chi connectivity index (χ0) is 18.1. The van der Waals surface area contributed by atoms with Gasteiger partial charge in [0.2, 0.25) is 0 Å². The lowest BCUT2D eigenvalue weighted by molar-refractivity contribution is 0.187. The molecule has 2 aromatic rings. The molecule has 0 aromatic heterocycles. The van der Waals surface area contributed by atoms with Gasteiger partial charge < -0.3 is 15.4 Å². The monoisotopic (exact) mass is 468 g/mol. The smallest absolute Gasteiger partial charge is 0.411 e. The predicted octanol–water partition coefficient (Wildman–Crippen LogP) is 3.66. The first-order chi connectivity index (χ1) is 12.1. The maximum atomic E-state index is 11.2. The Morgan fingerprint density at radius 3 is 2.31 bits per heavy atom. The first-order valence-corrected chi connectivity index (χ1v) is 8.05. The summed E-state index contributed by atoms with van der Waals surface area (Å²) in [6.07, 6.45) is -0.480. The zero-order valence-electron chi connectivity index (χ0n) is 15.2. The molecule has 1 amide bonds. The molecule has 140 valence electrons. The molecule has 0 fully saturated rings. The number of nitrogens with one attached hydrogen (secondary N) is 3. The van der Waals surface area contributed by atoms with E-state index in [0.29, 0.717) is 18.8 Å². The molecule has 0 bridgehead atoms. The number of benzene rings is 2. The third-order valence-electron chi connectivity index (χ3n) is 3.78. The predicted molar refractivity (Wildman–Crippen MR) is 116 cm³/mol. The second-order valence-electron chi connectivity index (χ2n) is 5.52. The number of carbonyl (C=O) groups is 1. The molecule has 2 rings (SSSR count). The molecule has 0 spiro atoms. The number of aryl methyl sites for hydroxylation is 1. The second kappa shape index (κ2) is 11.3. The van der Waals surface area contributed by atoms with Crippen molar-refractivity contribution in [1.29, 1.82) is 0 Å². The van der Waals surface area contributed by atoms with E-state index in [-0.39, 0.29) is 24.0 Å². The molecule has 0 heterocycles. The number of amides is 1. The number of guanidine groups is 1. The van der Waals surface area contributed by atoms with Gasteiger partial charge in [-0.15, -0.1) is 24.0 Å². The van der Waals surface area contributed by atoms with Gasteiger partial charge >= 0.3 is 6.09 Å². The van der Waals surface area contributed by atoms with Gasteiger partial charge in [0.15, 0.2) is 5.96 Å². The van der Waals surface area contributed by atoms with Gasteiger partial charge in [-0.1, -0.05) is 36.4 Å². The van der Waals surface area contributed by atoms with Crippen molar-refractivity contribution in [3.05, 3.63) is 65.2 Å². The Kier molecular flexibility index (Phi) is 9.50. The minimum Gasteiger partial charge on any atom is -0.453 e. The Balaban J connectivity index is 0.00000338. The summed E-state index contributed by atoms with van der Waals surface area (Å²) in [5.41, 5.74) is 4.26. The maximum absolute atomic E-state index is 11.2. The first kappa shape index (κ1) is 21.8. The van der Waals surface area contributed by atoms with E-state index < -0.39 is 6.09 Å². The van der Waals surface area contributed by atoms with Crippen molar-refractivity contribution in [2.75, 3.05) is 19.5 Å². The molecule has 0 unspecified atom stereocenters. The van der Waals surface area contributed by atoms with Crippen molar-refractivity contribution in [3.63, 3.8) is 0 Å². The second-order valence-corrected chi connectivity index (χ2v) is 5.52. The quantitative estimate of drug-likeness (QED) is 0.356. The number of carbonyl (C=O) groups excluding carboxylic acids is 1.